The number of rotatable bonds is 7. The van der Waals surface area contributed by atoms with Gasteiger partial charge in [-0.2, -0.15) is 9.57 Å². The van der Waals surface area contributed by atoms with Gasteiger partial charge in [-0.3, -0.25) is 0 Å². The third-order valence-corrected chi connectivity index (χ3v) is 7.13. The average molecular weight is 397 g/mol. The Morgan fingerprint density at radius 3 is 2.37 bits per heavy atom. The molecule has 0 spiro atoms. The molecule has 0 saturated heterocycles. The maximum Gasteiger partial charge on any atom is 0.244 e. The molecule has 0 aliphatic carbocycles. The Labute approximate surface area is 164 Å². The highest BCUT2D eigenvalue weighted by Crippen LogP contribution is 2.24. The first kappa shape index (κ1) is 19.3. The summed E-state index contributed by atoms with van der Waals surface area (Å²) in [5.41, 5.74) is 1.25. The summed E-state index contributed by atoms with van der Waals surface area (Å²) >= 11 is 1.59. The standard InChI is InChI=1S/C21H20N2O2S2/c1-17-11-12-20(26-17)16-23(14-13-18-7-3-2-4-8-18)27(24,25)21-10-6-5-9-19(21)15-22/h2-12H,13-14,16H2,1H3. The Morgan fingerprint density at radius 2 is 1.70 bits per heavy atom. The average Bonchev–Trinajstić information content (AvgIpc) is 3.10. The van der Waals surface area contributed by atoms with E-state index in [0.29, 0.717) is 19.5 Å². The van der Waals surface area contributed by atoms with E-state index < -0.39 is 10.0 Å². The molecule has 138 valence electrons. The van der Waals surface area contributed by atoms with E-state index >= 15 is 0 Å². The second-order valence-electron chi connectivity index (χ2n) is 6.19. The van der Waals surface area contributed by atoms with Crippen molar-refractivity contribution in [1.82, 2.24) is 4.31 Å². The molecule has 0 fully saturated rings. The number of nitriles is 1. The SMILES string of the molecule is Cc1ccc(CN(CCc2ccccc2)S(=O)(=O)c2ccccc2C#N)s1. The van der Waals surface area contributed by atoms with E-state index in [9.17, 15) is 13.7 Å². The van der Waals surface area contributed by atoms with Crippen molar-refractivity contribution in [2.75, 3.05) is 6.54 Å². The molecule has 0 aliphatic rings. The van der Waals surface area contributed by atoms with E-state index in [1.165, 1.54) is 16.4 Å². The number of sulfonamides is 1. The van der Waals surface area contributed by atoms with Crippen molar-refractivity contribution >= 4 is 21.4 Å². The number of hydrogen-bond donors (Lipinski definition) is 0. The summed E-state index contributed by atoms with van der Waals surface area (Å²) in [6.45, 7) is 2.65. The first-order valence-corrected chi connectivity index (χ1v) is 10.8. The Kier molecular flexibility index (Phi) is 6.07. The molecule has 0 bridgehead atoms. The first-order chi connectivity index (χ1) is 13.0. The van der Waals surface area contributed by atoms with Gasteiger partial charge in [0.2, 0.25) is 10.0 Å². The van der Waals surface area contributed by atoms with Gasteiger partial charge in [0.1, 0.15) is 6.07 Å². The van der Waals surface area contributed by atoms with Crippen molar-refractivity contribution in [1.29, 1.82) is 5.26 Å². The van der Waals surface area contributed by atoms with Crippen molar-refractivity contribution in [3.63, 3.8) is 0 Å². The van der Waals surface area contributed by atoms with Gasteiger partial charge in [-0.05, 0) is 43.2 Å². The van der Waals surface area contributed by atoms with Gasteiger partial charge in [0.05, 0.1) is 10.5 Å². The zero-order chi connectivity index (χ0) is 19.3. The van der Waals surface area contributed by atoms with E-state index in [-0.39, 0.29) is 10.5 Å². The second kappa shape index (κ2) is 8.49. The van der Waals surface area contributed by atoms with E-state index in [2.05, 4.69) is 0 Å². The summed E-state index contributed by atoms with van der Waals surface area (Å²) < 4.78 is 28.1. The molecular formula is C21H20N2O2S2. The lowest BCUT2D eigenvalue weighted by atomic mass is 10.1. The minimum absolute atomic E-state index is 0.0637. The smallest absolute Gasteiger partial charge is 0.207 e. The lowest BCUT2D eigenvalue weighted by molar-refractivity contribution is 0.412. The molecule has 27 heavy (non-hydrogen) atoms. The van der Waals surface area contributed by atoms with Crippen LogP contribution in [-0.2, 0) is 23.0 Å². The summed E-state index contributed by atoms with van der Waals surface area (Å²) in [6.07, 6.45) is 0.610. The van der Waals surface area contributed by atoms with E-state index in [1.54, 1.807) is 23.5 Å². The monoisotopic (exact) mass is 396 g/mol. The molecule has 1 heterocycles. The van der Waals surface area contributed by atoms with E-state index in [0.717, 1.165) is 15.3 Å². The minimum Gasteiger partial charge on any atom is -0.207 e. The topological polar surface area (TPSA) is 61.2 Å². The van der Waals surface area contributed by atoms with Crippen molar-refractivity contribution in [2.45, 2.75) is 24.8 Å². The maximum atomic E-state index is 13.3. The van der Waals surface area contributed by atoms with Crippen molar-refractivity contribution in [3.8, 4) is 6.07 Å². The third kappa shape index (κ3) is 4.64. The van der Waals surface area contributed by atoms with Crippen molar-refractivity contribution in [2.24, 2.45) is 0 Å². The summed E-state index contributed by atoms with van der Waals surface area (Å²) in [6, 6.07) is 22.1. The number of benzene rings is 2. The third-order valence-electron chi connectivity index (χ3n) is 4.25. The molecular weight excluding hydrogens is 376 g/mol. The van der Waals surface area contributed by atoms with Crippen LogP contribution in [0.3, 0.4) is 0 Å². The van der Waals surface area contributed by atoms with Crippen molar-refractivity contribution in [3.05, 3.63) is 87.6 Å². The zero-order valence-electron chi connectivity index (χ0n) is 15.0. The van der Waals surface area contributed by atoms with Crippen LogP contribution in [0.15, 0.2) is 71.6 Å². The van der Waals surface area contributed by atoms with Crippen LogP contribution in [0.5, 0.6) is 0 Å². The first-order valence-electron chi connectivity index (χ1n) is 8.59. The molecule has 0 saturated carbocycles. The second-order valence-corrected chi connectivity index (χ2v) is 9.47. The molecule has 4 nitrogen and oxygen atoms in total. The van der Waals surface area contributed by atoms with Crippen LogP contribution in [0, 0.1) is 18.3 Å². The Hall–Kier alpha value is -2.46. The largest absolute Gasteiger partial charge is 0.244 e. The normalized spacial score (nSPS) is 11.4. The molecule has 0 N–H and O–H groups in total. The molecule has 0 aliphatic heterocycles. The number of nitrogens with zero attached hydrogens (tertiary/aromatic N) is 2. The maximum absolute atomic E-state index is 13.3. The Bertz CT molecular complexity index is 1050. The van der Waals surface area contributed by atoms with Gasteiger partial charge >= 0.3 is 0 Å². The van der Waals surface area contributed by atoms with Crippen LogP contribution in [0.2, 0.25) is 0 Å². The molecule has 2 aromatic carbocycles. The molecule has 6 heteroatoms. The lowest BCUT2D eigenvalue weighted by Gasteiger charge is -2.22. The van der Waals surface area contributed by atoms with Gasteiger partial charge in [-0.15, -0.1) is 11.3 Å². The fourth-order valence-electron chi connectivity index (χ4n) is 2.85. The zero-order valence-corrected chi connectivity index (χ0v) is 16.6. The summed E-state index contributed by atoms with van der Waals surface area (Å²) in [7, 11) is -3.79. The van der Waals surface area contributed by atoms with E-state index in [1.807, 2.05) is 55.5 Å². The fraction of sp³-hybridized carbons (Fsp3) is 0.190. The Balaban J connectivity index is 1.93. The van der Waals surface area contributed by atoms with Crippen LogP contribution in [-0.4, -0.2) is 19.3 Å². The summed E-state index contributed by atoms with van der Waals surface area (Å²) in [5, 5.41) is 9.33. The molecule has 3 aromatic rings. The van der Waals surface area contributed by atoms with Crippen LogP contribution in [0.25, 0.3) is 0 Å². The minimum atomic E-state index is -3.79. The predicted octanol–water partition coefficient (Wildman–Crippen LogP) is 4.36. The van der Waals surface area contributed by atoms with E-state index in [4.69, 9.17) is 0 Å². The predicted molar refractivity (Wildman–Crippen MR) is 108 cm³/mol. The molecule has 1 aromatic heterocycles. The molecule has 0 unspecified atom stereocenters. The van der Waals surface area contributed by atoms with Gasteiger partial charge in [-0.1, -0.05) is 42.5 Å². The van der Waals surface area contributed by atoms with Crippen LogP contribution < -0.4 is 0 Å². The summed E-state index contributed by atoms with van der Waals surface area (Å²) in [4.78, 5) is 2.19. The van der Waals surface area contributed by atoms with Crippen LogP contribution >= 0.6 is 11.3 Å². The quantitative estimate of drug-likeness (QED) is 0.596. The van der Waals surface area contributed by atoms with Crippen LogP contribution in [0.1, 0.15) is 20.9 Å². The van der Waals surface area contributed by atoms with Gasteiger partial charge in [0.15, 0.2) is 0 Å². The highest BCUT2D eigenvalue weighted by Gasteiger charge is 2.27. The molecule has 0 atom stereocenters. The number of aryl methyl sites for hydroxylation is 1. The fourth-order valence-corrected chi connectivity index (χ4v) is 5.40. The van der Waals surface area contributed by atoms with Crippen molar-refractivity contribution < 1.29 is 8.42 Å². The highest BCUT2D eigenvalue weighted by atomic mass is 32.2. The molecule has 0 radical (unpaired) electrons. The van der Waals surface area contributed by atoms with Gasteiger partial charge < -0.3 is 0 Å². The molecule has 0 amide bonds. The summed E-state index contributed by atoms with van der Waals surface area (Å²) in [5.74, 6) is 0. The highest BCUT2D eigenvalue weighted by molar-refractivity contribution is 7.89. The van der Waals surface area contributed by atoms with Gasteiger partial charge in [-0.25, -0.2) is 8.42 Å². The molecule has 3 rings (SSSR count). The Morgan fingerprint density at radius 1 is 1.00 bits per heavy atom. The number of thiophene rings is 1. The number of hydrogen-bond acceptors (Lipinski definition) is 4. The van der Waals surface area contributed by atoms with Crippen LogP contribution in [0.4, 0.5) is 0 Å². The lowest BCUT2D eigenvalue weighted by Crippen LogP contribution is -2.32. The van der Waals surface area contributed by atoms with Gasteiger partial charge in [0, 0.05) is 22.8 Å². The van der Waals surface area contributed by atoms with Gasteiger partial charge in [0.25, 0.3) is 0 Å².